The molecule has 3 rings (SSSR count). The SMILES string of the molecule is COc1ccc2c(Oc3ccc(CS(N)(=O)=O)c(C#N)c3)ccnc2c1. The number of aromatic nitrogens is 1. The van der Waals surface area contributed by atoms with E-state index in [2.05, 4.69) is 4.98 Å². The fourth-order valence-electron chi connectivity index (χ4n) is 2.51. The molecular formula is C18H15N3O4S. The molecule has 0 aliphatic heterocycles. The molecule has 7 nitrogen and oxygen atoms in total. The van der Waals surface area contributed by atoms with Crippen molar-refractivity contribution in [3.8, 4) is 23.3 Å². The molecule has 8 heteroatoms. The number of nitrogens with two attached hydrogens (primary N) is 1. The molecule has 0 amide bonds. The summed E-state index contributed by atoms with van der Waals surface area (Å²) in [6.45, 7) is 0. The zero-order chi connectivity index (χ0) is 18.7. The van der Waals surface area contributed by atoms with E-state index in [0.717, 1.165) is 5.39 Å². The molecule has 2 N–H and O–H groups in total. The minimum absolute atomic E-state index is 0.191. The average Bonchev–Trinajstić information content (AvgIpc) is 2.61. The number of benzene rings is 2. The first-order chi connectivity index (χ1) is 12.4. The summed E-state index contributed by atoms with van der Waals surface area (Å²) in [6.07, 6.45) is 1.61. The Morgan fingerprint density at radius 2 is 1.92 bits per heavy atom. The highest BCUT2D eigenvalue weighted by atomic mass is 32.2. The molecule has 0 unspecified atom stereocenters. The standard InChI is InChI=1S/C18H15N3O4S/c1-24-14-4-5-16-17(9-14)21-7-6-18(16)25-15-3-2-12(11-26(20,22)23)13(8-15)10-19/h2-9H,11H2,1H3,(H2,20,22,23). The van der Waals surface area contributed by atoms with Crippen molar-refractivity contribution in [3.05, 3.63) is 59.8 Å². The van der Waals surface area contributed by atoms with Crippen molar-refractivity contribution in [2.75, 3.05) is 7.11 Å². The predicted molar refractivity (Wildman–Crippen MR) is 96.3 cm³/mol. The molecule has 0 saturated carbocycles. The molecule has 0 atom stereocenters. The fourth-order valence-corrected chi connectivity index (χ4v) is 3.20. The second-order valence-electron chi connectivity index (χ2n) is 5.53. The van der Waals surface area contributed by atoms with Gasteiger partial charge in [0.1, 0.15) is 17.2 Å². The van der Waals surface area contributed by atoms with Gasteiger partial charge in [0.2, 0.25) is 10.0 Å². The van der Waals surface area contributed by atoms with Gasteiger partial charge in [-0.15, -0.1) is 0 Å². The molecule has 0 spiro atoms. The maximum absolute atomic E-state index is 11.3. The summed E-state index contributed by atoms with van der Waals surface area (Å²) >= 11 is 0. The third kappa shape index (κ3) is 3.91. The normalized spacial score (nSPS) is 11.1. The number of nitrogens with zero attached hydrogens (tertiary/aromatic N) is 2. The monoisotopic (exact) mass is 369 g/mol. The molecule has 0 fully saturated rings. The Morgan fingerprint density at radius 3 is 2.62 bits per heavy atom. The minimum Gasteiger partial charge on any atom is -0.497 e. The molecule has 0 saturated heterocycles. The van der Waals surface area contributed by atoms with Gasteiger partial charge in [-0.1, -0.05) is 6.07 Å². The molecule has 2 aromatic carbocycles. The van der Waals surface area contributed by atoms with E-state index < -0.39 is 15.8 Å². The molecule has 0 radical (unpaired) electrons. The Balaban J connectivity index is 1.97. The van der Waals surface area contributed by atoms with Crippen LogP contribution in [0.2, 0.25) is 0 Å². The predicted octanol–water partition coefficient (Wildman–Crippen LogP) is 2.70. The molecule has 0 aliphatic carbocycles. The number of pyridine rings is 1. The van der Waals surface area contributed by atoms with Crippen LogP contribution in [-0.2, 0) is 15.8 Å². The average molecular weight is 369 g/mol. The van der Waals surface area contributed by atoms with E-state index >= 15 is 0 Å². The van der Waals surface area contributed by atoms with E-state index in [1.807, 2.05) is 12.1 Å². The summed E-state index contributed by atoms with van der Waals surface area (Å²) in [4.78, 5) is 4.29. The van der Waals surface area contributed by atoms with Crippen LogP contribution in [0.1, 0.15) is 11.1 Å². The Bertz CT molecular complexity index is 1120. The number of nitriles is 1. The van der Waals surface area contributed by atoms with Crippen LogP contribution in [0.5, 0.6) is 17.2 Å². The van der Waals surface area contributed by atoms with Gasteiger partial charge in [0.25, 0.3) is 0 Å². The van der Waals surface area contributed by atoms with Gasteiger partial charge in [-0.3, -0.25) is 4.98 Å². The maximum atomic E-state index is 11.3. The second-order valence-corrected chi connectivity index (χ2v) is 7.15. The Hall–Kier alpha value is -3.15. The first-order valence-corrected chi connectivity index (χ1v) is 9.25. The molecule has 26 heavy (non-hydrogen) atoms. The van der Waals surface area contributed by atoms with Gasteiger partial charge >= 0.3 is 0 Å². The lowest BCUT2D eigenvalue weighted by molar-refractivity contribution is 0.415. The van der Waals surface area contributed by atoms with Crippen LogP contribution in [0.15, 0.2) is 48.7 Å². The summed E-state index contributed by atoms with van der Waals surface area (Å²) < 4.78 is 33.6. The minimum atomic E-state index is -3.73. The lowest BCUT2D eigenvalue weighted by Crippen LogP contribution is -2.15. The number of methoxy groups -OCH3 is 1. The van der Waals surface area contributed by atoms with E-state index in [1.165, 1.54) is 12.1 Å². The quantitative estimate of drug-likeness (QED) is 0.739. The number of hydrogen-bond acceptors (Lipinski definition) is 6. The molecular weight excluding hydrogens is 354 g/mol. The van der Waals surface area contributed by atoms with Crippen LogP contribution in [0.3, 0.4) is 0 Å². The summed E-state index contributed by atoms with van der Waals surface area (Å²) in [5.41, 5.74) is 1.22. The van der Waals surface area contributed by atoms with E-state index in [0.29, 0.717) is 28.3 Å². The maximum Gasteiger partial charge on any atom is 0.213 e. The number of fused-ring (bicyclic) bond motifs is 1. The molecule has 1 aromatic heterocycles. The van der Waals surface area contributed by atoms with Crippen molar-refractivity contribution in [2.24, 2.45) is 5.14 Å². The summed E-state index contributed by atoms with van der Waals surface area (Å²) in [6, 6.07) is 13.7. The van der Waals surface area contributed by atoms with Crippen LogP contribution in [0.4, 0.5) is 0 Å². The van der Waals surface area contributed by atoms with Crippen molar-refractivity contribution in [2.45, 2.75) is 5.75 Å². The second kappa shape index (κ2) is 7.00. The Morgan fingerprint density at radius 1 is 1.15 bits per heavy atom. The Kier molecular flexibility index (Phi) is 4.75. The van der Waals surface area contributed by atoms with Gasteiger partial charge in [0, 0.05) is 17.6 Å². The first-order valence-electron chi connectivity index (χ1n) is 7.54. The number of primary sulfonamides is 1. The first kappa shape index (κ1) is 17.7. The molecule has 132 valence electrons. The van der Waals surface area contributed by atoms with E-state index in [4.69, 9.17) is 14.6 Å². The Labute approximate surface area is 150 Å². The third-order valence-corrected chi connectivity index (χ3v) is 4.41. The van der Waals surface area contributed by atoms with Crippen molar-refractivity contribution in [1.82, 2.24) is 4.98 Å². The summed E-state index contributed by atoms with van der Waals surface area (Å²) in [5, 5.41) is 15.1. The van der Waals surface area contributed by atoms with Crippen molar-refractivity contribution < 1.29 is 17.9 Å². The van der Waals surface area contributed by atoms with Gasteiger partial charge in [-0.05, 0) is 35.9 Å². The zero-order valence-electron chi connectivity index (χ0n) is 13.8. The van der Waals surface area contributed by atoms with Gasteiger partial charge < -0.3 is 9.47 Å². The third-order valence-electron chi connectivity index (χ3n) is 3.70. The van der Waals surface area contributed by atoms with Crippen LogP contribution in [0, 0.1) is 11.3 Å². The highest BCUT2D eigenvalue weighted by molar-refractivity contribution is 7.88. The van der Waals surface area contributed by atoms with E-state index in [-0.39, 0.29) is 5.56 Å². The summed E-state index contributed by atoms with van der Waals surface area (Å²) in [5.74, 6) is 1.23. The number of sulfonamides is 1. The molecule has 3 aromatic rings. The highest BCUT2D eigenvalue weighted by Crippen LogP contribution is 2.31. The van der Waals surface area contributed by atoms with Crippen molar-refractivity contribution in [3.63, 3.8) is 0 Å². The van der Waals surface area contributed by atoms with Crippen LogP contribution < -0.4 is 14.6 Å². The van der Waals surface area contributed by atoms with E-state index in [9.17, 15) is 13.7 Å². The van der Waals surface area contributed by atoms with Crippen molar-refractivity contribution >= 4 is 20.9 Å². The van der Waals surface area contributed by atoms with Crippen LogP contribution >= 0.6 is 0 Å². The zero-order valence-corrected chi connectivity index (χ0v) is 14.7. The van der Waals surface area contributed by atoms with Gasteiger partial charge in [-0.2, -0.15) is 5.26 Å². The van der Waals surface area contributed by atoms with Gasteiger partial charge in [0.05, 0.1) is 30.0 Å². The fraction of sp³-hybridized carbons (Fsp3) is 0.111. The highest BCUT2D eigenvalue weighted by Gasteiger charge is 2.12. The van der Waals surface area contributed by atoms with Crippen molar-refractivity contribution in [1.29, 1.82) is 5.26 Å². The smallest absolute Gasteiger partial charge is 0.213 e. The van der Waals surface area contributed by atoms with Gasteiger partial charge in [-0.25, -0.2) is 13.6 Å². The number of ether oxygens (including phenoxy) is 2. The van der Waals surface area contributed by atoms with E-state index in [1.54, 1.807) is 37.6 Å². The number of hydrogen-bond donors (Lipinski definition) is 1. The lowest BCUT2D eigenvalue weighted by atomic mass is 10.1. The van der Waals surface area contributed by atoms with Gasteiger partial charge in [0.15, 0.2) is 0 Å². The lowest BCUT2D eigenvalue weighted by Gasteiger charge is -2.11. The molecule has 1 heterocycles. The molecule has 0 aliphatic rings. The number of rotatable bonds is 5. The van der Waals surface area contributed by atoms with Crippen LogP contribution in [0.25, 0.3) is 10.9 Å². The van der Waals surface area contributed by atoms with Crippen LogP contribution in [-0.4, -0.2) is 20.5 Å². The largest absolute Gasteiger partial charge is 0.497 e. The molecule has 0 bridgehead atoms. The summed E-state index contributed by atoms with van der Waals surface area (Å²) in [7, 11) is -2.15. The topological polar surface area (TPSA) is 115 Å².